The van der Waals surface area contributed by atoms with E-state index in [0.29, 0.717) is 6.04 Å². The van der Waals surface area contributed by atoms with Crippen molar-refractivity contribution in [1.82, 2.24) is 19.5 Å². The van der Waals surface area contributed by atoms with Crippen LogP contribution in [0.1, 0.15) is 25.7 Å². The lowest BCUT2D eigenvalue weighted by atomic mass is 10.2. The summed E-state index contributed by atoms with van der Waals surface area (Å²) in [4.78, 5) is 13.0. The summed E-state index contributed by atoms with van der Waals surface area (Å²) in [6.07, 6.45) is 6.64. The number of fused-ring (bicyclic) bond motifs is 1. The molecule has 6 heteroatoms. The number of aromatic nitrogens is 4. The summed E-state index contributed by atoms with van der Waals surface area (Å²) < 4.78 is 2.69. The van der Waals surface area contributed by atoms with Crippen LogP contribution in [0.25, 0.3) is 11.2 Å². The lowest BCUT2D eigenvalue weighted by Crippen LogP contribution is -2.15. The first-order valence-electron chi connectivity index (χ1n) is 5.85. The van der Waals surface area contributed by atoms with E-state index in [2.05, 4.69) is 36.2 Å². The van der Waals surface area contributed by atoms with E-state index in [1.54, 1.807) is 6.33 Å². The average molecular weight is 296 g/mol. The molecule has 2 aromatic rings. The van der Waals surface area contributed by atoms with Crippen LogP contribution >= 0.6 is 15.9 Å². The maximum atomic E-state index is 4.45. The monoisotopic (exact) mass is 295 g/mol. The van der Waals surface area contributed by atoms with E-state index in [0.717, 1.165) is 21.7 Å². The second-order valence-corrected chi connectivity index (χ2v) is 5.17. The Balaban J connectivity index is 2.00. The van der Waals surface area contributed by atoms with E-state index in [9.17, 15) is 0 Å². The van der Waals surface area contributed by atoms with Gasteiger partial charge in [-0.05, 0) is 28.8 Å². The van der Waals surface area contributed by atoms with Crippen LogP contribution in [-0.2, 0) is 7.05 Å². The number of hydrogen-bond donors (Lipinski definition) is 1. The molecule has 1 aliphatic carbocycles. The van der Waals surface area contributed by atoms with Gasteiger partial charge in [-0.3, -0.25) is 0 Å². The summed E-state index contributed by atoms with van der Waals surface area (Å²) in [5.41, 5.74) is 1.70. The van der Waals surface area contributed by atoms with Crippen molar-refractivity contribution in [3.8, 4) is 0 Å². The van der Waals surface area contributed by atoms with Crippen molar-refractivity contribution in [3.05, 3.63) is 11.1 Å². The highest BCUT2D eigenvalue weighted by atomic mass is 79.9. The Morgan fingerprint density at radius 3 is 2.88 bits per heavy atom. The van der Waals surface area contributed by atoms with Gasteiger partial charge in [-0.2, -0.15) is 0 Å². The molecule has 0 radical (unpaired) electrons. The molecule has 0 atom stereocenters. The van der Waals surface area contributed by atoms with Crippen molar-refractivity contribution < 1.29 is 0 Å². The predicted octanol–water partition coefficient (Wildman–Crippen LogP) is 2.48. The fraction of sp³-hybridized carbons (Fsp3) is 0.545. The smallest absolute Gasteiger partial charge is 0.179 e. The van der Waals surface area contributed by atoms with E-state index in [4.69, 9.17) is 0 Å². The molecule has 0 aromatic carbocycles. The van der Waals surface area contributed by atoms with Crippen LogP contribution in [0, 0.1) is 0 Å². The first-order valence-corrected chi connectivity index (χ1v) is 6.64. The highest BCUT2D eigenvalue weighted by Gasteiger charge is 2.18. The average Bonchev–Trinajstić information content (AvgIpc) is 2.91. The van der Waals surface area contributed by atoms with Gasteiger partial charge in [0.2, 0.25) is 0 Å². The third-order valence-corrected chi connectivity index (χ3v) is 4.01. The first kappa shape index (κ1) is 11.0. The van der Waals surface area contributed by atoms with E-state index in [1.807, 2.05) is 11.6 Å². The summed E-state index contributed by atoms with van der Waals surface area (Å²) in [5.74, 6) is 0.850. The Kier molecular flexibility index (Phi) is 2.74. The SMILES string of the molecule is Cn1c(Br)nc2c(NC3CCCC3)ncnc21. The molecule has 90 valence electrons. The summed E-state index contributed by atoms with van der Waals surface area (Å²) >= 11 is 3.41. The van der Waals surface area contributed by atoms with Crippen LogP contribution in [0.15, 0.2) is 11.1 Å². The fourth-order valence-corrected chi connectivity index (χ4v) is 2.69. The topological polar surface area (TPSA) is 55.6 Å². The molecule has 0 aliphatic heterocycles. The van der Waals surface area contributed by atoms with Gasteiger partial charge in [-0.25, -0.2) is 15.0 Å². The molecular formula is C11H14BrN5. The highest BCUT2D eigenvalue weighted by Crippen LogP contribution is 2.26. The normalized spacial score (nSPS) is 16.8. The zero-order chi connectivity index (χ0) is 11.8. The molecule has 0 unspecified atom stereocenters. The maximum absolute atomic E-state index is 4.45. The van der Waals surface area contributed by atoms with Crippen molar-refractivity contribution in [2.24, 2.45) is 7.05 Å². The predicted molar refractivity (Wildman–Crippen MR) is 69.9 cm³/mol. The lowest BCUT2D eigenvalue weighted by Gasteiger charge is -2.12. The second-order valence-electron chi connectivity index (χ2n) is 4.46. The molecule has 0 amide bonds. The van der Waals surface area contributed by atoms with Gasteiger partial charge >= 0.3 is 0 Å². The standard InChI is InChI=1S/C11H14BrN5/c1-17-10-8(16-11(17)12)9(13-6-14-10)15-7-4-2-3-5-7/h6-7H,2-5H2,1H3,(H,13,14,15). The number of imidazole rings is 1. The van der Waals surface area contributed by atoms with Gasteiger partial charge in [0.05, 0.1) is 0 Å². The second kappa shape index (κ2) is 4.25. The number of halogens is 1. The fourth-order valence-electron chi connectivity index (χ4n) is 2.34. The molecule has 1 fully saturated rings. The van der Waals surface area contributed by atoms with Crippen LogP contribution in [-0.4, -0.2) is 25.6 Å². The third-order valence-electron chi connectivity index (χ3n) is 3.30. The van der Waals surface area contributed by atoms with Gasteiger partial charge in [-0.1, -0.05) is 12.8 Å². The van der Waals surface area contributed by atoms with Gasteiger partial charge in [0.1, 0.15) is 6.33 Å². The van der Waals surface area contributed by atoms with E-state index in [-0.39, 0.29) is 0 Å². The molecule has 2 heterocycles. The Labute approximate surface area is 108 Å². The van der Waals surface area contributed by atoms with Crippen LogP contribution in [0.5, 0.6) is 0 Å². The molecule has 1 N–H and O–H groups in total. The molecule has 1 aliphatic rings. The summed E-state index contributed by atoms with van der Waals surface area (Å²) in [6, 6.07) is 0.536. The minimum atomic E-state index is 0.536. The Hall–Kier alpha value is -1.17. The molecule has 3 rings (SSSR count). The summed E-state index contributed by atoms with van der Waals surface area (Å²) in [6.45, 7) is 0. The third kappa shape index (κ3) is 1.90. The number of anilines is 1. The zero-order valence-corrected chi connectivity index (χ0v) is 11.2. The summed E-state index contributed by atoms with van der Waals surface area (Å²) in [7, 11) is 1.94. The van der Waals surface area contributed by atoms with Crippen LogP contribution < -0.4 is 5.32 Å². The number of aryl methyl sites for hydroxylation is 1. The molecule has 0 saturated heterocycles. The lowest BCUT2D eigenvalue weighted by molar-refractivity contribution is 0.751. The van der Waals surface area contributed by atoms with Crippen molar-refractivity contribution in [2.45, 2.75) is 31.7 Å². The van der Waals surface area contributed by atoms with Gasteiger partial charge in [0.25, 0.3) is 0 Å². The van der Waals surface area contributed by atoms with Gasteiger partial charge < -0.3 is 9.88 Å². The number of nitrogens with zero attached hydrogens (tertiary/aromatic N) is 4. The van der Waals surface area contributed by atoms with E-state index < -0.39 is 0 Å². The number of rotatable bonds is 2. The van der Waals surface area contributed by atoms with E-state index in [1.165, 1.54) is 25.7 Å². The van der Waals surface area contributed by atoms with Crippen molar-refractivity contribution >= 4 is 32.9 Å². The molecule has 1 saturated carbocycles. The van der Waals surface area contributed by atoms with Crippen molar-refractivity contribution in [1.29, 1.82) is 0 Å². The minimum Gasteiger partial charge on any atom is -0.365 e. The molecular weight excluding hydrogens is 282 g/mol. The largest absolute Gasteiger partial charge is 0.365 e. The van der Waals surface area contributed by atoms with Crippen LogP contribution in [0.2, 0.25) is 0 Å². The number of nitrogens with one attached hydrogen (secondary N) is 1. The summed E-state index contributed by atoms with van der Waals surface area (Å²) in [5, 5.41) is 3.48. The maximum Gasteiger partial charge on any atom is 0.179 e. The van der Waals surface area contributed by atoms with Crippen LogP contribution in [0.3, 0.4) is 0 Å². The molecule has 5 nitrogen and oxygen atoms in total. The quantitative estimate of drug-likeness (QED) is 0.865. The van der Waals surface area contributed by atoms with Gasteiger partial charge in [-0.15, -0.1) is 0 Å². The first-order chi connectivity index (χ1) is 8.25. The van der Waals surface area contributed by atoms with Gasteiger partial charge in [0.15, 0.2) is 21.7 Å². The van der Waals surface area contributed by atoms with Crippen molar-refractivity contribution in [3.63, 3.8) is 0 Å². The Morgan fingerprint density at radius 2 is 2.12 bits per heavy atom. The van der Waals surface area contributed by atoms with Crippen LogP contribution in [0.4, 0.5) is 5.82 Å². The Morgan fingerprint density at radius 1 is 1.35 bits per heavy atom. The number of hydrogen-bond acceptors (Lipinski definition) is 4. The van der Waals surface area contributed by atoms with Gasteiger partial charge in [0, 0.05) is 13.1 Å². The van der Waals surface area contributed by atoms with Crippen molar-refractivity contribution in [2.75, 3.05) is 5.32 Å². The Bertz CT molecular complexity index is 544. The molecule has 17 heavy (non-hydrogen) atoms. The van der Waals surface area contributed by atoms with E-state index >= 15 is 0 Å². The molecule has 0 bridgehead atoms. The molecule has 2 aromatic heterocycles. The highest BCUT2D eigenvalue weighted by molar-refractivity contribution is 9.10. The zero-order valence-electron chi connectivity index (χ0n) is 9.65. The minimum absolute atomic E-state index is 0.536. The molecule has 0 spiro atoms.